The first-order valence-corrected chi connectivity index (χ1v) is 6.38. The van der Waals surface area contributed by atoms with Gasteiger partial charge in [0.15, 0.2) is 4.77 Å². The number of hydrogen-bond acceptors (Lipinski definition) is 2. The molecular formula is C12H7BrFN3S. The van der Waals surface area contributed by atoms with Crippen molar-refractivity contribution in [2.75, 3.05) is 0 Å². The van der Waals surface area contributed by atoms with Gasteiger partial charge in [-0.15, -0.1) is 0 Å². The number of aromatic amines is 1. The van der Waals surface area contributed by atoms with Crippen molar-refractivity contribution >= 4 is 39.2 Å². The molecule has 0 amide bonds. The third-order valence-electron chi connectivity index (χ3n) is 2.64. The Bertz CT molecular complexity index is 773. The van der Waals surface area contributed by atoms with Crippen molar-refractivity contribution in [2.45, 2.75) is 0 Å². The average molecular weight is 324 g/mol. The number of nitrogens with one attached hydrogen (secondary N) is 1. The summed E-state index contributed by atoms with van der Waals surface area (Å²) in [6.07, 6.45) is 3.31. The molecule has 0 radical (unpaired) electrons. The zero-order valence-electron chi connectivity index (χ0n) is 9.02. The van der Waals surface area contributed by atoms with E-state index in [4.69, 9.17) is 12.2 Å². The van der Waals surface area contributed by atoms with Crippen LogP contribution in [0.1, 0.15) is 0 Å². The summed E-state index contributed by atoms with van der Waals surface area (Å²) in [5.74, 6) is -0.335. The molecule has 18 heavy (non-hydrogen) atoms. The van der Waals surface area contributed by atoms with E-state index in [1.165, 1.54) is 6.07 Å². The first kappa shape index (κ1) is 11.6. The van der Waals surface area contributed by atoms with Gasteiger partial charge in [-0.2, -0.15) is 0 Å². The number of halogens is 2. The van der Waals surface area contributed by atoms with E-state index in [2.05, 4.69) is 25.9 Å². The van der Waals surface area contributed by atoms with Crippen LogP contribution in [0.2, 0.25) is 0 Å². The van der Waals surface area contributed by atoms with Gasteiger partial charge in [0.2, 0.25) is 0 Å². The van der Waals surface area contributed by atoms with E-state index in [0.717, 1.165) is 11.0 Å². The Hall–Kier alpha value is -1.53. The Morgan fingerprint density at radius 3 is 2.94 bits per heavy atom. The van der Waals surface area contributed by atoms with Gasteiger partial charge in [0.05, 0.1) is 22.9 Å². The van der Waals surface area contributed by atoms with Crippen LogP contribution in [0.3, 0.4) is 0 Å². The van der Waals surface area contributed by atoms with Crippen LogP contribution >= 0.6 is 28.1 Å². The molecule has 6 heteroatoms. The Morgan fingerprint density at radius 2 is 2.17 bits per heavy atom. The topological polar surface area (TPSA) is 33.6 Å². The van der Waals surface area contributed by atoms with Crippen molar-refractivity contribution in [3.05, 3.63) is 51.7 Å². The molecule has 0 atom stereocenters. The number of nitrogens with zero attached hydrogens (tertiary/aromatic N) is 2. The SMILES string of the molecule is Fc1cccc(Br)c1-n1c(=S)[nH]c2cnccc21. The zero-order chi connectivity index (χ0) is 12.7. The maximum atomic E-state index is 14.0. The van der Waals surface area contributed by atoms with E-state index in [-0.39, 0.29) is 5.82 Å². The van der Waals surface area contributed by atoms with Gasteiger partial charge in [0, 0.05) is 10.7 Å². The summed E-state index contributed by atoms with van der Waals surface area (Å²) in [7, 11) is 0. The monoisotopic (exact) mass is 323 g/mol. The first-order valence-electron chi connectivity index (χ1n) is 5.17. The lowest BCUT2D eigenvalue weighted by Crippen LogP contribution is -1.99. The van der Waals surface area contributed by atoms with Crippen molar-refractivity contribution in [1.82, 2.24) is 14.5 Å². The summed E-state index contributed by atoms with van der Waals surface area (Å²) in [6.45, 7) is 0. The Balaban J connectivity index is 2.46. The summed E-state index contributed by atoms with van der Waals surface area (Å²) in [5.41, 5.74) is 1.97. The highest BCUT2D eigenvalue weighted by Crippen LogP contribution is 2.27. The van der Waals surface area contributed by atoms with Crippen molar-refractivity contribution in [2.24, 2.45) is 0 Å². The molecule has 0 aliphatic heterocycles. The van der Waals surface area contributed by atoms with Crippen LogP contribution in [-0.4, -0.2) is 14.5 Å². The van der Waals surface area contributed by atoms with E-state index < -0.39 is 0 Å². The minimum absolute atomic E-state index is 0.335. The predicted molar refractivity (Wildman–Crippen MR) is 73.9 cm³/mol. The largest absolute Gasteiger partial charge is 0.329 e. The summed E-state index contributed by atoms with van der Waals surface area (Å²) in [6, 6.07) is 6.62. The zero-order valence-corrected chi connectivity index (χ0v) is 11.4. The molecule has 0 saturated carbocycles. The number of rotatable bonds is 1. The summed E-state index contributed by atoms with van der Waals surface area (Å²) in [4.78, 5) is 7.02. The highest BCUT2D eigenvalue weighted by molar-refractivity contribution is 9.10. The van der Waals surface area contributed by atoms with Gasteiger partial charge >= 0.3 is 0 Å². The van der Waals surface area contributed by atoms with Gasteiger partial charge in [-0.1, -0.05) is 6.07 Å². The molecule has 2 aromatic heterocycles. The molecule has 0 bridgehead atoms. The molecule has 3 rings (SSSR count). The standard InChI is InChI=1S/C12H7BrFN3S/c13-7-2-1-3-8(14)11(7)17-10-4-5-15-6-9(10)16-12(17)18/h1-6H,(H,16,18). The fourth-order valence-corrected chi connectivity index (χ4v) is 2.70. The molecule has 0 aliphatic carbocycles. The number of benzene rings is 1. The molecule has 3 nitrogen and oxygen atoms in total. The van der Waals surface area contributed by atoms with Crippen molar-refractivity contribution in [1.29, 1.82) is 0 Å². The third kappa shape index (κ3) is 1.69. The van der Waals surface area contributed by atoms with E-state index in [0.29, 0.717) is 14.9 Å². The van der Waals surface area contributed by atoms with E-state index in [1.54, 1.807) is 35.2 Å². The van der Waals surface area contributed by atoms with Gasteiger partial charge in [0.1, 0.15) is 5.82 Å². The molecule has 90 valence electrons. The third-order valence-corrected chi connectivity index (χ3v) is 3.57. The minimum atomic E-state index is -0.335. The van der Waals surface area contributed by atoms with Gasteiger partial charge < -0.3 is 4.98 Å². The van der Waals surface area contributed by atoms with Crippen LogP contribution in [0.5, 0.6) is 0 Å². The molecular weight excluding hydrogens is 317 g/mol. The van der Waals surface area contributed by atoms with Crippen molar-refractivity contribution < 1.29 is 4.39 Å². The Morgan fingerprint density at radius 1 is 1.33 bits per heavy atom. The molecule has 0 fully saturated rings. The number of H-pyrrole nitrogens is 1. The summed E-state index contributed by atoms with van der Waals surface area (Å²) < 4.78 is 16.7. The second-order valence-corrected chi connectivity index (χ2v) is 4.97. The molecule has 0 aliphatic rings. The van der Waals surface area contributed by atoms with Crippen LogP contribution in [0, 0.1) is 10.6 Å². The maximum Gasteiger partial charge on any atom is 0.182 e. The van der Waals surface area contributed by atoms with E-state index in [1.807, 2.05) is 0 Å². The van der Waals surface area contributed by atoms with Gasteiger partial charge in [0.25, 0.3) is 0 Å². The van der Waals surface area contributed by atoms with Crippen LogP contribution in [-0.2, 0) is 0 Å². The van der Waals surface area contributed by atoms with Crippen LogP contribution in [0.15, 0.2) is 41.1 Å². The van der Waals surface area contributed by atoms with E-state index >= 15 is 0 Å². The number of aromatic nitrogens is 3. The van der Waals surface area contributed by atoms with Gasteiger partial charge in [-0.05, 0) is 46.3 Å². The summed E-state index contributed by atoms with van der Waals surface area (Å²) >= 11 is 8.60. The Labute approximate surface area is 115 Å². The molecule has 1 aromatic carbocycles. The predicted octanol–water partition coefficient (Wildman–Crippen LogP) is 3.98. The molecule has 1 N–H and O–H groups in total. The van der Waals surface area contributed by atoms with Crippen molar-refractivity contribution in [3.8, 4) is 5.69 Å². The number of para-hydroxylation sites is 1. The number of hydrogen-bond donors (Lipinski definition) is 1. The normalized spacial score (nSPS) is 11.0. The first-order chi connectivity index (χ1) is 8.68. The highest BCUT2D eigenvalue weighted by Gasteiger charge is 2.13. The van der Waals surface area contributed by atoms with Crippen LogP contribution in [0.4, 0.5) is 4.39 Å². The number of fused-ring (bicyclic) bond motifs is 1. The summed E-state index contributed by atoms with van der Waals surface area (Å²) in [5, 5.41) is 0. The van der Waals surface area contributed by atoms with Crippen LogP contribution < -0.4 is 0 Å². The smallest absolute Gasteiger partial charge is 0.182 e. The quantitative estimate of drug-likeness (QED) is 0.687. The lowest BCUT2D eigenvalue weighted by molar-refractivity contribution is 0.617. The molecule has 0 saturated heterocycles. The number of imidazole rings is 1. The fourth-order valence-electron chi connectivity index (χ4n) is 1.88. The number of pyridine rings is 1. The lowest BCUT2D eigenvalue weighted by atomic mass is 10.3. The molecule has 0 unspecified atom stereocenters. The van der Waals surface area contributed by atoms with Crippen molar-refractivity contribution in [3.63, 3.8) is 0 Å². The van der Waals surface area contributed by atoms with Gasteiger partial charge in [-0.25, -0.2) is 4.39 Å². The molecule has 0 spiro atoms. The van der Waals surface area contributed by atoms with E-state index in [9.17, 15) is 4.39 Å². The van der Waals surface area contributed by atoms with Gasteiger partial charge in [-0.3, -0.25) is 9.55 Å². The fraction of sp³-hybridized carbons (Fsp3) is 0. The second kappa shape index (κ2) is 4.29. The maximum absolute atomic E-state index is 14.0. The molecule has 2 heterocycles. The lowest BCUT2D eigenvalue weighted by Gasteiger charge is -2.08. The highest BCUT2D eigenvalue weighted by atomic mass is 79.9. The van der Waals surface area contributed by atoms with Crippen LogP contribution in [0.25, 0.3) is 16.7 Å². The minimum Gasteiger partial charge on any atom is -0.329 e. The molecule has 3 aromatic rings. The Kier molecular flexibility index (Phi) is 2.76. The average Bonchev–Trinajstić information content (AvgIpc) is 2.66. The second-order valence-electron chi connectivity index (χ2n) is 3.73.